The van der Waals surface area contributed by atoms with Crippen LogP contribution in [0.4, 0.5) is 4.39 Å². The molecule has 1 unspecified atom stereocenters. The van der Waals surface area contributed by atoms with E-state index < -0.39 is 0 Å². The molecule has 2 aromatic rings. The largest absolute Gasteiger partial charge is 0.309 e. The first-order chi connectivity index (χ1) is 8.13. The number of rotatable bonds is 3. The average Bonchev–Trinajstić information content (AvgIpc) is 2.71. The Morgan fingerprint density at radius 1 is 1.18 bits per heavy atom. The standard InChI is InChI=1S/C14H16FNS/c1-9-4-5-11(15)8-12(9)13(16-3)14-10(2)6-7-17-14/h4-8,13,16H,1-3H3. The maximum Gasteiger partial charge on any atom is 0.123 e. The first kappa shape index (κ1) is 12.3. The second-order valence-electron chi connectivity index (χ2n) is 4.19. The smallest absolute Gasteiger partial charge is 0.123 e. The minimum Gasteiger partial charge on any atom is -0.309 e. The number of aryl methyl sites for hydroxylation is 2. The molecule has 0 aliphatic carbocycles. The molecule has 0 aliphatic rings. The molecule has 1 heterocycles. The number of hydrogen-bond acceptors (Lipinski definition) is 2. The molecule has 0 aliphatic heterocycles. The third-order valence-corrected chi connectivity index (χ3v) is 4.09. The molecule has 0 amide bonds. The van der Waals surface area contributed by atoms with Crippen molar-refractivity contribution in [3.8, 4) is 0 Å². The number of hydrogen-bond donors (Lipinski definition) is 1. The van der Waals surface area contributed by atoms with Gasteiger partial charge in [0.1, 0.15) is 5.82 Å². The van der Waals surface area contributed by atoms with E-state index in [9.17, 15) is 4.39 Å². The summed E-state index contributed by atoms with van der Waals surface area (Å²) in [6.07, 6.45) is 0. The van der Waals surface area contributed by atoms with Gasteiger partial charge in [-0.1, -0.05) is 6.07 Å². The van der Waals surface area contributed by atoms with Gasteiger partial charge in [0.25, 0.3) is 0 Å². The molecule has 1 nitrogen and oxygen atoms in total. The summed E-state index contributed by atoms with van der Waals surface area (Å²) in [5.74, 6) is -0.181. The van der Waals surface area contributed by atoms with E-state index >= 15 is 0 Å². The lowest BCUT2D eigenvalue weighted by atomic mass is 9.98. The molecular formula is C14H16FNS. The van der Waals surface area contributed by atoms with Crippen LogP contribution < -0.4 is 5.32 Å². The molecule has 1 aromatic carbocycles. The highest BCUT2D eigenvalue weighted by Gasteiger charge is 2.17. The molecule has 0 saturated heterocycles. The zero-order chi connectivity index (χ0) is 12.4. The van der Waals surface area contributed by atoms with Crippen LogP contribution in [0.1, 0.15) is 27.6 Å². The second-order valence-corrected chi connectivity index (χ2v) is 5.14. The summed E-state index contributed by atoms with van der Waals surface area (Å²) in [4.78, 5) is 1.25. The van der Waals surface area contributed by atoms with Gasteiger partial charge in [0.15, 0.2) is 0 Å². The Kier molecular flexibility index (Phi) is 3.60. The van der Waals surface area contributed by atoms with Gasteiger partial charge in [-0.05, 0) is 61.2 Å². The number of nitrogens with one attached hydrogen (secondary N) is 1. The van der Waals surface area contributed by atoms with Gasteiger partial charge in [-0.2, -0.15) is 0 Å². The minimum absolute atomic E-state index is 0.0747. The predicted molar refractivity (Wildman–Crippen MR) is 71.1 cm³/mol. The Bertz CT molecular complexity index is 519. The molecule has 1 aromatic heterocycles. The third kappa shape index (κ3) is 2.40. The quantitative estimate of drug-likeness (QED) is 0.872. The molecule has 90 valence electrons. The van der Waals surface area contributed by atoms with Gasteiger partial charge >= 0.3 is 0 Å². The highest BCUT2D eigenvalue weighted by atomic mass is 32.1. The Balaban J connectivity index is 2.49. The monoisotopic (exact) mass is 249 g/mol. The van der Waals surface area contributed by atoms with Crippen molar-refractivity contribution >= 4 is 11.3 Å². The van der Waals surface area contributed by atoms with Crippen LogP contribution in [-0.2, 0) is 0 Å². The SMILES string of the molecule is CNC(c1cc(F)ccc1C)c1sccc1C. The van der Waals surface area contributed by atoms with Crippen molar-refractivity contribution in [3.05, 3.63) is 57.0 Å². The van der Waals surface area contributed by atoms with Crippen molar-refractivity contribution in [2.75, 3.05) is 7.05 Å². The molecule has 0 spiro atoms. The summed E-state index contributed by atoms with van der Waals surface area (Å²) in [6, 6.07) is 7.13. The van der Waals surface area contributed by atoms with Crippen LogP contribution in [-0.4, -0.2) is 7.05 Å². The summed E-state index contributed by atoms with van der Waals surface area (Å²) < 4.78 is 13.4. The molecule has 1 atom stereocenters. The molecule has 0 fully saturated rings. The van der Waals surface area contributed by atoms with E-state index in [4.69, 9.17) is 0 Å². The fraction of sp³-hybridized carbons (Fsp3) is 0.286. The second kappa shape index (κ2) is 4.98. The molecular weight excluding hydrogens is 233 g/mol. The van der Waals surface area contributed by atoms with E-state index in [2.05, 4.69) is 23.7 Å². The van der Waals surface area contributed by atoms with Gasteiger partial charge in [-0.15, -0.1) is 11.3 Å². The Hall–Kier alpha value is -1.19. The van der Waals surface area contributed by atoms with E-state index in [0.29, 0.717) is 0 Å². The minimum atomic E-state index is -0.181. The molecule has 0 radical (unpaired) electrons. The first-order valence-electron chi connectivity index (χ1n) is 5.60. The summed E-state index contributed by atoms with van der Waals surface area (Å²) >= 11 is 1.71. The molecule has 17 heavy (non-hydrogen) atoms. The fourth-order valence-electron chi connectivity index (χ4n) is 2.03. The molecule has 2 rings (SSSR count). The Labute approximate surface area is 105 Å². The maximum absolute atomic E-state index is 13.4. The Morgan fingerprint density at radius 3 is 2.53 bits per heavy atom. The van der Waals surface area contributed by atoms with E-state index in [1.165, 1.54) is 16.5 Å². The van der Waals surface area contributed by atoms with Crippen LogP contribution in [0.15, 0.2) is 29.6 Å². The number of halogens is 1. The topological polar surface area (TPSA) is 12.0 Å². The van der Waals surface area contributed by atoms with Gasteiger partial charge in [-0.25, -0.2) is 4.39 Å². The van der Waals surface area contributed by atoms with Crippen LogP contribution in [0.5, 0.6) is 0 Å². The van der Waals surface area contributed by atoms with E-state index in [1.807, 2.05) is 20.0 Å². The summed E-state index contributed by atoms with van der Waals surface area (Å²) in [5, 5.41) is 5.35. The van der Waals surface area contributed by atoms with E-state index in [0.717, 1.165) is 11.1 Å². The molecule has 0 bridgehead atoms. The van der Waals surface area contributed by atoms with Crippen molar-refractivity contribution in [1.29, 1.82) is 0 Å². The van der Waals surface area contributed by atoms with Gasteiger partial charge in [0.05, 0.1) is 6.04 Å². The van der Waals surface area contributed by atoms with Crippen molar-refractivity contribution in [3.63, 3.8) is 0 Å². The third-order valence-electron chi connectivity index (χ3n) is 3.00. The summed E-state index contributed by atoms with van der Waals surface area (Å²) in [6.45, 7) is 4.10. The van der Waals surface area contributed by atoms with Crippen molar-refractivity contribution in [2.45, 2.75) is 19.9 Å². The highest BCUT2D eigenvalue weighted by Crippen LogP contribution is 2.31. The van der Waals surface area contributed by atoms with Gasteiger partial charge < -0.3 is 5.32 Å². The van der Waals surface area contributed by atoms with Crippen molar-refractivity contribution in [1.82, 2.24) is 5.32 Å². The predicted octanol–water partition coefficient (Wildman–Crippen LogP) is 3.81. The zero-order valence-electron chi connectivity index (χ0n) is 10.3. The first-order valence-corrected chi connectivity index (χ1v) is 6.48. The highest BCUT2D eigenvalue weighted by molar-refractivity contribution is 7.10. The zero-order valence-corrected chi connectivity index (χ0v) is 11.1. The van der Waals surface area contributed by atoms with Gasteiger partial charge in [0.2, 0.25) is 0 Å². The average molecular weight is 249 g/mol. The lowest BCUT2D eigenvalue weighted by Gasteiger charge is -2.18. The van der Waals surface area contributed by atoms with Gasteiger partial charge in [0, 0.05) is 4.88 Å². The lowest BCUT2D eigenvalue weighted by molar-refractivity contribution is 0.616. The van der Waals surface area contributed by atoms with Crippen LogP contribution in [0.2, 0.25) is 0 Å². The normalized spacial score (nSPS) is 12.7. The van der Waals surface area contributed by atoms with Crippen LogP contribution in [0.25, 0.3) is 0 Å². The summed E-state index contributed by atoms with van der Waals surface area (Å²) in [7, 11) is 1.91. The van der Waals surface area contributed by atoms with E-state index in [1.54, 1.807) is 17.4 Å². The van der Waals surface area contributed by atoms with Crippen LogP contribution in [0, 0.1) is 19.7 Å². The van der Waals surface area contributed by atoms with Crippen molar-refractivity contribution < 1.29 is 4.39 Å². The van der Waals surface area contributed by atoms with Crippen LogP contribution >= 0.6 is 11.3 Å². The van der Waals surface area contributed by atoms with E-state index in [-0.39, 0.29) is 11.9 Å². The van der Waals surface area contributed by atoms with Crippen molar-refractivity contribution in [2.24, 2.45) is 0 Å². The van der Waals surface area contributed by atoms with Gasteiger partial charge in [-0.3, -0.25) is 0 Å². The number of thiophene rings is 1. The number of benzene rings is 1. The Morgan fingerprint density at radius 2 is 1.94 bits per heavy atom. The molecule has 0 saturated carbocycles. The maximum atomic E-state index is 13.4. The summed E-state index contributed by atoms with van der Waals surface area (Å²) in [5.41, 5.74) is 3.37. The molecule has 3 heteroatoms. The van der Waals surface area contributed by atoms with Crippen LogP contribution in [0.3, 0.4) is 0 Å². The fourth-order valence-corrected chi connectivity index (χ4v) is 3.08. The lowest BCUT2D eigenvalue weighted by Crippen LogP contribution is -2.18. The molecule has 1 N–H and O–H groups in total.